The van der Waals surface area contributed by atoms with Gasteiger partial charge in [0.05, 0.1) is 17.9 Å². The maximum absolute atomic E-state index is 11.8. The average Bonchev–Trinajstić information content (AvgIpc) is 2.88. The number of hydrogen-bond acceptors (Lipinski definition) is 4. The van der Waals surface area contributed by atoms with Crippen LogP contribution in [0.3, 0.4) is 0 Å². The van der Waals surface area contributed by atoms with E-state index in [4.69, 9.17) is 9.47 Å². The van der Waals surface area contributed by atoms with E-state index in [2.05, 4.69) is 6.92 Å². The second-order valence-electron chi connectivity index (χ2n) is 7.76. The SMILES string of the molecule is CCCCCCCCCCCCCCOC(CC)C1C(=O)OC(=O)C1C. The molecule has 1 rings (SSSR count). The van der Waals surface area contributed by atoms with Gasteiger partial charge in [-0.3, -0.25) is 9.59 Å². The molecule has 0 N–H and O–H groups in total. The van der Waals surface area contributed by atoms with Crippen LogP contribution < -0.4 is 0 Å². The highest BCUT2D eigenvalue weighted by Gasteiger charge is 2.45. The van der Waals surface area contributed by atoms with Crippen molar-refractivity contribution in [2.75, 3.05) is 6.61 Å². The zero-order valence-corrected chi connectivity index (χ0v) is 17.3. The maximum Gasteiger partial charge on any atom is 0.320 e. The second-order valence-corrected chi connectivity index (χ2v) is 7.76. The average molecular weight is 369 g/mol. The molecule has 1 heterocycles. The molecule has 1 fully saturated rings. The van der Waals surface area contributed by atoms with Crippen LogP contribution >= 0.6 is 0 Å². The molecule has 0 saturated carbocycles. The first-order valence-corrected chi connectivity index (χ1v) is 11.0. The highest BCUT2D eigenvalue weighted by molar-refractivity contribution is 5.96. The van der Waals surface area contributed by atoms with Gasteiger partial charge in [0.15, 0.2) is 0 Å². The largest absolute Gasteiger partial charge is 0.393 e. The molecular weight excluding hydrogens is 328 g/mol. The quantitative estimate of drug-likeness (QED) is 0.196. The lowest BCUT2D eigenvalue weighted by Crippen LogP contribution is -2.31. The standard InChI is InChI=1S/C22H40O4/c1-4-6-7-8-9-10-11-12-13-14-15-16-17-25-19(5-2)20-18(3)21(23)26-22(20)24/h18-20H,4-17H2,1-3H3. The lowest BCUT2D eigenvalue weighted by Gasteiger charge is -2.21. The molecule has 26 heavy (non-hydrogen) atoms. The van der Waals surface area contributed by atoms with Gasteiger partial charge in [-0.25, -0.2) is 0 Å². The normalized spacial score (nSPS) is 21.2. The van der Waals surface area contributed by atoms with Crippen LogP contribution in [0.2, 0.25) is 0 Å². The smallest absolute Gasteiger partial charge is 0.320 e. The van der Waals surface area contributed by atoms with Crippen LogP contribution in [0, 0.1) is 11.8 Å². The summed E-state index contributed by atoms with van der Waals surface area (Å²) in [6.07, 6.45) is 16.3. The lowest BCUT2D eigenvalue weighted by atomic mass is 9.90. The van der Waals surface area contributed by atoms with Gasteiger partial charge in [0.1, 0.15) is 0 Å². The van der Waals surface area contributed by atoms with Crippen molar-refractivity contribution in [1.29, 1.82) is 0 Å². The Morgan fingerprint density at radius 2 is 1.31 bits per heavy atom. The van der Waals surface area contributed by atoms with Gasteiger partial charge >= 0.3 is 11.9 Å². The van der Waals surface area contributed by atoms with Gasteiger partial charge in [0.25, 0.3) is 0 Å². The second kappa shape index (κ2) is 14.2. The molecule has 3 unspecified atom stereocenters. The number of cyclic esters (lactones) is 2. The summed E-state index contributed by atoms with van der Waals surface area (Å²) in [6, 6.07) is 0. The van der Waals surface area contributed by atoms with Gasteiger partial charge in [-0.05, 0) is 12.8 Å². The highest BCUT2D eigenvalue weighted by atomic mass is 16.6. The fraction of sp³-hybridized carbons (Fsp3) is 0.909. The van der Waals surface area contributed by atoms with Crippen molar-refractivity contribution in [3.05, 3.63) is 0 Å². The molecule has 1 aliphatic rings. The molecular formula is C22H40O4. The molecule has 0 aromatic heterocycles. The molecule has 0 radical (unpaired) electrons. The van der Waals surface area contributed by atoms with Crippen molar-refractivity contribution in [3.63, 3.8) is 0 Å². The predicted molar refractivity (Wildman–Crippen MR) is 105 cm³/mol. The summed E-state index contributed by atoms with van der Waals surface area (Å²) >= 11 is 0. The summed E-state index contributed by atoms with van der Waals surface area (Å²) in [6.45, 7) is 6.68. The summed E-state index contributed by atoms with van der Waals surface area (Å²) in [7, 11) is 0. The van der Waals surface area contributed by atoms with Crippen LogP contribution in [0.25, 0.3) is 0 Å². The number of carbonyl (C=O) groups is 2. The number of esters is 2. The first kappa shape index (κ1) is 23.1. The summed E-state index contributed by atoms with van der Waals surface area (Å²) in [5.74, 6) is -1.63. The van der Waals surface area contributed by atoms with Gasteiger partial charge in [-0.15, -0.1) is 0 Å². The van der Waals surface area contributed by atoms with Crippen LogP contribution in [0.4, 0.5) is 0 Å². The number of ether oxygens (including phenoxy) is 2. The Morgan fingerprint density at radius 3 is 1.73 bits per heavy atom. The first-order valence-electron chi connectivity index (χ1n) is 11.0. The fourth-order valence-corrected chi connectivity index (χ4v) is 3.74. The van der Waals surface area contributed by atoms with E-state index >= 15 is 0 Å². The molecule has 1 saturated heterocycles. The minimum Gasteiger partial charge on any atom is -0.393 e. The van der Waals surface area contributed by atoms with Crippen molar-refractivity contribution in [1.82, 2.24) is 0 Å². The van der Waals surface area contributed by atoms with Crippen molar-refractivity contribution >= 4 is 11.9 Å². The van der Waals surface area contributed by atoms with Crippen LogP contribution in [0.5, 0.6) is 0 Å². The molecule has 0 amide bonds. The van der Waals surface area contributed by atoms with E-state index in [0.717, 1.165) is 12.8 Å². The Labute approximate surface area is 160 Å². The number of carbonyl (C=O) groups excluding carboxylic acids is 2. The van der Waals surface area contributed by atoms with Gasteiger partial charge in [-0.2, -0.15) is 0 Å². The van der Waals surface area contributed by atoms with Gasteiger partial charge < -0.3 is 9.47 Å². The highest BCUT2D eigenvalue weighted by Crippen LogP contribution is 2.29. The van der Waals surface area contributed by atoms with Crippen molar-refractivity contribution in [3.8, 4) is 0 Å². The number of hydrogen-bond donors (Lipinski definition) is 0. The molecule has 0 spiro atoms. The van der Waals surface area contributed by atoms with Crippen molar-refractivity contribution in [2.24, 2.45) is 11.8 Å². The Balaban J connectivity index is 1.98. The molecule has 0 aromatic rings. The molecule has 4 nitrogen and oxygen atoms in total. The van der Waals surface area contributed by atoms with Crippen molar-refractivity contribution in [2.45, 2.75) is 110 Å². The van der Waals surface area contributed by atoms with Gasteiger partial charge in [0.2, 0.25) is 0 Å². The Morgan fingerprint density at radius 1 is 0.808 bits per heavy atom. The molecule has 0 aliphatic carbocycles. The molecule has 152 valence electrons. The third kappa shape index (κ3) is 8.66. The van der Waals surface area contributed by atoms with E-state index in [-0.39, 0.29) is 12.0 Å². The minimum absolute atomic E-state index is 0.198. The van der Waals surface area contributed by atoms with E-state index in [9.17, 15) is 9.59 Å². The van der Waals surface area contributed by atoms with Crippen LogP contribution in [0.15, 0.2) is 0 Å². The van der Waals surface area contributed by atoms with Crippen LogP contribution in [-0.4, -0.2) is 24.6 Å². The third-order valence-electron chi connectivity index (χ3n) is 5.52. The fourth-order valence-electron chi connectivity index (χ4n) is 3.74. The van der Waals surface area contributed by atoms with E-state index in [1.54, 1.807) is 6.92 Å². The summed E-state index contributed by atoms with van der Waals surface area (Å²) in [5.41, 5.74) is 0. The molecule has 0 aromatic carbocycles. The van der Waals surface area contributed by atoms with Gasteiger partial charge in [-0.1, -0.05) is 91.4 Å². The molecule has 1 aliphatic heterocycles. The summed E-state index contributed by atoms with van der Waals surface area (Å²) < 4.78 is 10.6. The zero-order chi connectivity index (χ0) is 19.2. The lowest BCUT2D eigenvalue weighted by molar-refractivity contribution is -0.154. The Kier molecular flexibility index (Phi) is 12.6. The third-order valence-corrected chi connectivity index (χ3v) is 5.52. The predicted octanol–water partition coefficient (Wildman–Crippen LogP) is 5.82. The van der Waals surface area contributed by atoms with E-state index in [0.29, 0.717) is 6.61 Å². The van der Waals surface area contributed by atoms with Crippen LogP contribution in [0.1, 0.15) is 104 Å². The Bertz CT molecular complexity index is 394. The first-order chi connectivity index (χ1) is 12.6. The Hall–Kier alpha value is -0.900. The van der Waals surface area contributed by atoms with Gasteiger partial charge in [0, 0.05) is 6.61 Å². The maximum atomic E-state index is 11.8. The number of unbranched alkanes of at least 4 members (excludes halogenated alkanes) is 11. The topological polar surface area (TPSA) is 52.6 Å². The molecule has 4 heteroatoms. The molecule has 3 atom stereocenters. The number of rotatable bonds is 16. The monoisotopic (exact) mass is 368 g/mol. The molecule has 0 bridgehead atoms. The van der Waals surface area contributed by atoms with E-state index in [1.165, 1.54) is 70.6 Å². The van der Waals surface area contributed by atoms with E-state index < -0.39 is 17.9 Å². The summed E-state index contributed by atoms with van der Waals surface area (Å²) in [5, 5.41) is 0. The van der Waals surface area contributed by atoms with Crippen LogP contribution in [-0.2, 0) is 19.1 Å². The minimum atomic E-state index is -0.426. The van der Waals surface area contributed by atoms with Crippen molar-refractivity contribution < 1.29 is 19.1 Å². The van der Waals surface area contributed by atoms with E-state index in [1.807, 2.05) is 6.92 Å². The zero-order valence-electron chi connectivity index (χ0n) is 17.3. The summed E-state index contributed by atoms with van der Waals surface area (Å²) in [4.78, 5) is 23.3.